The smallest absolute Gasteiger partial charge is 0.416 e. The summed E-state index contributed by atoms with van der Waals surface area (Å²) in [4.78, 5) is 23.7. The highest BCUT2D eigenvalue weighted by Crippen LogP contribution is 2.38. The van der Waals surface area contributed by atoms with Crippen molar-refractivity contribution in [2.24, 2.45) is 11.8 Å². The second kappa shape index (κ2) is 20.8. The molecule has 1 saturated carbocycles. The van der Waals surface area contributed by atoms with E-state index in [0.29, 0.717) is 32.3 Å². The lowest BCUT2D eigenvalue weighted by Gasteiger charge is -2.22. The number of halogens is 3. The zero-order valence-corrected chi connectivity index (χ0v) is 26.3. The molecular weight excluding hydrogens is 589 g/mol. The van der Waals surface area contributed by atoms with Crippen LogP contribution >= 0.6 is 0 Å². The Morgan fingerprint density at radius 2 is 1.80 bits per heavy atom. The third kappa shape index (κ3) is 15.6. The van der Waals surface area contributed by atoms with Crippen molar-refractivity contribution in [2.45, 2.75) is 108 Å². The number of carbonyl (C=O) groups excluding carboxylic acids is 2. The molecule has 0 aromatic heterocycles. The van der Waals surface area contributed by atoms with Crippen molar-refractivity contribution in [1.82, 2.24) is 0 Å². The first-order valence-corrected chi connectivity index (χ1v) is 15.9. The molecule has 0 heterocycles. The van der Waals surface area contributed by atoms with Gasteiger partial charge in [0.1, 0.15) is 24.6 Å². The molecule has 10 heteroatoms. The van der Waals surface area contributed by atoms with Crippen LogP contribution in [0.15, 0.2) is 61.2 Å². The molecule has 0 amide bonds. The van der Waals surface area contributed by atoms with E-state index < -0.39 is 41.9 Å². The van der Waals surface area contributed by atoms with Gasteiger partial charge in [0, 0.05) is 31.6 Å². The predicted octanol–water partition coefficient (Wildman–Crippen LogP) is 7.51. The number of benzene rings is 1. The highest BCUT2D eigenvalue weighted by atomic mass is 19.4. The van der Waals surface area contributed by atoms with Crippen molar-refractivity contribution in [3.63, 3.8) is 0 Å². The summed E-state index contributed by atoms with van der Waals surface area (Å²) in [6, 6.07) is 4.40. The van der Waals surface area contributed by atoms with Crippen LogP contribution in [-0.4, -0.2) is 53.7 Å². The molecule has 7 nitrogen and oxygen atoms in total. The predicted molar refractivity (Wildman–Crippen MR) is 166 cm³/mol. The van der Waals surface area contributed by atoms with E-state index in [1.54, 1.807) is 6.08 Å². The third-order valence-electron chi connectivity index (χ3n) is 7.74. The zero-order valence-electron chi connectivity index (χ0n) is 26.3. The van der Waals surface area contributed by atoms with Crippen LogP contribution in [0.3, 0.4) is 0 Å². The molecule has 1 aliphatic carbocycles. The quantitative estimate of drug-likeness (QED) is 0.0817. The second-order valence-corrected chi connectivity index (χ2v) is 11.5. The summed E-state index contributed by atoms with van der Waals surface area (Å²) in [5.41, 5.74) is -0.849. The number of alkyl halides is 3. The normalized spacial score (nSPS) is 20.8. The summed E-state index contributed by atoms with van der Waals surface area (Å²) in [7, 11) is 0. The molecule has 1 aromatic rings. The second-order valence-electron chi connectivity index (χ2n) is 11.5. The van der Waals surface area contributed by atoms with E-state index in [-0.39, 0.29) is 30.7 Å². The van der Waals surface area contributed by atoms with E-state index in [9.17, 15) is 33.0 Å². The van der Waals surface area contributed by atoms with Gasteiger partial charge in [-0.15, -0.1) is 6.58 Å². The third-order valence-corrected chi connectivity index (χ3v) is 7.74. The molecule has 1 aromatic carbocycles. The Balaban J connectivity index is 1.77. The Bertz CT molecular complexity index is 1090. The Morgan fingerprint density at radius 1 is 1.07 bits per heavy atom. The fourth-order valence-electron chi connectivity index (χ4n) is 5.38. The summed E-state index contributed by atoms with van der Waals surface area (Å²) in [5.74, 6) is -1.36. The maximum Gasteiger partial charge on any atom is 0.416 e. The number of allylic oxidation sites excluding steroid dienone is 3. The summed E-state index contributed by atoms with van der Waals surface area (Å²) in [6.07, 6.45) is 12.0. The Kier molecular flexibility index (Phi) is 17.6. The van der Waals surface area contributed by atoms with Gasteiger partial charge >= 0.3 is 18.1 Å². The van der Waals surface area contributed by atoms with Crippen LogP contribution in [0.1, 0.15) is 89.5 Å². The Morgan fingerprint density at radius 3 is 2.51 bits per heavy atom. The highest BCUT2D eigenvalue weighted by Gasteiger charge is 2.42. The molecule has 0 unspecified atom stereocenters. The van der Waals surface area contributed by atoms with Crippen molar-refractivity contribution in [3.05, 3.63) is 66.8 Å². The minimum atomic E-state index is -4.51. The summed E-state index contributed by atoms with van der Waals surface area (Å²) < 4.78 is 54.9. The lowest BCUT2D eigenvalue weighted by atomic mass is 9.89. The van der Waals surface area contributed by atoms with Gasteiger partial charge in [0.25, 0.3) is 0 Å². The average molecular weight is 639 g/mol. The van der Waals surface area contributed by atoms with Gasteiger partial charge in [0.05, 0.1) is 18.3 Å². The van der Waals surface area contributed by atoms with Crippen molar-refractivity contribution in [3.8, 4) is 5.75 Å². The zero-order chi connectivity index (χ0) is 33.1. The van der Waals surface area contributed by atoms with Gasteiger partial charge in [-0.25, -0.2) is 0 Å². The highest BCUT2D eigenvalue weighted by molar-refractivity contribution is 5.69. The molecule has 5 atom stereocenters. The maximum atomic E-state index is 12.9. The molecule has 1 fully saturated rings. The first-order valence-electron chi connectivity index (χ1n) is 15.9. The first-order chi connectivity index (χ1) is 21.5. The van der Waals surface area contributed by atoms with Gasteiger partial charge in [0.2, 0.25) is 0 Å². The number of rotatable bonds is 21. The molecule has 0 aliphatic heterocycles. The molecule has 1 aliphatic rings. The van der Waals surface area contributed by atoms with E-state index >= 15 is 0 Å². The topological polar surface area (TPSA) is 102 Å². The van der Waals surface area contributed by atoms with Crippen LogP contribution in [0, 0.1) is 11.8 Å². The molecule has 2 N–H and O–H groups in total. The van der Waals surface area contributed by atoms with Crippen LogP contribution in [0.2, 0.25) is 0 Å². The molecule has 2 rings (SSSR count). The minimum Gasteiger partial charge on any atom is -0.491 e. The van der Waals surface area contributed by atoms with Crippen LogP contribution in [0.25, 0.3) is 0 Å². The van der Waals surface area contributed by atoms with Crippen LogP contribution in [-0.2, 0) is 25.2 Å². The average Bonchev–Trinajstić information content (AvgIpc) is 3.27. The number of carbonyl (C=O) groups is 2. The van der Waals surface area contributed by atoms with Gasteiger partial charge in [-0.1, -0.05) is 62.1 Å². The van der Waals surface area contributed by atoms with Crippen LogP contribution < -0.4 is 4.74 Å². The minimum absolute atomic E-state index is 0.0228. The fourth-order valence-corrected chi connectivity index (χ4v) is 5.38. The number of unbranched alkanes of at least 4 members (excludes halogenated alkanes) is 7. The van der Waals surface area contributed by atoms with Crippen molar-refractivity contribution < 1.29 is 47.2 Å². The molecule has 0 bridgehead atoms. The van der Waals surface area contributed by atoms with Crippen molar-refractivity contribution in [2.75, 3.05) is 13.2 Å². The molecular formula is C35H49F3O7. The first kappa shape index (κ1) is 38.1. The Hall–Kier alpha value is -3.11. The molecule has 252 valence electrons. The van der Waals surface area contributed by atoms with E-state index in [0.717, 1.165) is 37.8 Å². The van der Waals surface area contributed by atoms with E-state index in [2.05, 4.69) is 6.58 Å². The molecule has 0 saturated heterocycles. The van der Waals surface area contributed by atoms with Gasteiger partial charge in [-0.05, 0) is 56.7 Å². The SMILES string of the molecule is C=CCCCCCCCCOC(=O)CCC/C=C\C[C@@H]1[C@@H](/C=C/[C@@H](O)COc2cccc(C(F)(F)F)c2)[C@H](O)C[C@@H]1OC(C)=O. The molecule has 45 heavy (non-hydrogen) atoms. The largest absolute Gasteiger partial charge is 0.491 e. The van der Waals surface area contributed by atoms with Gasteiger partial charge in [0.15, 0.2) is 0 Å². The summed E-state index contributed by atoms with van der Waals surface area (Å²) >= 11 is 0. The van der Waals surface area contributed by atoms with Gasteiger partial charge in [-0.3, -0.25) is 9.59 Å². The fraction of sp³-hybridized carbons (Fsp3) is 0.600. The monoisotopic (exact) mass is 638 g/mol. The number of hydrogen-bond donors (Lipinski definition) is 2. The molecule has 0 spiro atoms. The van der Waals surface area contributed by atoms with Crippen LogP contribution in [0.4, 0.5) is 13.2 Å². The summed E-state index contributed by atoms with van der Waals surface area (Å²) in [5, 5.41) is 21.1. The van der Waals surface area contributed by atoms with Gasteiger partial charge < -0.3 is 24.4 Å². The molecule has 0 radical (unpaired) electrons. The van der Waals surface area contributed by atoms with E-state index in [4.69, 9.17) is 14.2 Å². The van der Waals surface area contributed by atoms with Crippen molar-refractivity contribution in [1.29, 1.82) is 0 Å². The Labute approximate surface area is 265 Å². The number of ether oxygens (including phenoxy) is 3. The number of esters is 2. The van der Waals surface area contributed by atoms with Gasteiger partial charge in [-0.2, -0.15) is 13.2 Å². The van der Waals surface area contributed by atoms with Crippen molar-refractivity contribution >= 4 is 11.9 Å². The number of aliphatic hydroxyl groups is 2. The number of hydrogen-bond acceptors (Lipinski definition) is 7. The maximum absolute atomic E-state index is 12.9. The number of aliphatic hydroxyl groups excluding tert-OH is 2. The lowest BCUT2D eigenvalue weighted by Crippen LogP contribution is -2.24. The van der Waals surface area contributed by atoms with Crippen LogP contribution in [0.5, 0.6) is 5.75 Å². The van der Waals surface area contributed by atoms with E-state index in [1.165, 1.54) is 44.4 Å². The van der Waals surface area contributed by atoms with E-state index in [1.807, 2.05) is 18.2 Å². The standard InChI is InChI=1S/C35H49F3O7/c1-3-4-5-6-7-8-11-14-22-43-34(42)19-13-10-9-12-18-31-30(32(41)24-33(31)45-26(2)39)21-20-28(40)25-44-29-17-15-16-27(23-29)35(36,37)38/h3,9,12,15-17,20-21,23,28,30-33,40-41H,1,4-8,10-11,13-14,18-19,22,24-25H2,2H3/b12-9-,21-20+/t28-,30-,31-,32-,33+/m1/s1. The summed E-state index contributed by atoms with van der Waals surface area (Å²) in [6.45, 7) is 5.20. The lowest BCUT2D eigenvalue weighted by molar-refractivity contribution is -0.148.